The summed E-state index contributed by atoms with van der Waals surface area (Å²) in [5.74, 6) is 1.21. The average Bonchev–Trinajstić information content (AvgIpc) is 2.38. The fraction of sp³-hybridized carbons (Fsp3) is 0.571. The second-order valence-electron chi connectivity index (χ2n) is 4.28. The van der Waals surface area contributed by atoms with Gasteiger partial charge < -0.3 is 10.0 Å². The third-order valence-electron chi connectivity index (χ3n) is 2.95. The van der Waals surface area contributed by atoms with Gasteiger partial charge in [-0.1, -0.05) is 19.1 Å². The van der Waals surface area contributed by atoms with Crippen LogP contribution >= 0.6 is 11.8 Å². The number of aliphatic hydroxyl groups is 1. The van der Waals surface area contributed by atoms with E-state index < -0.39 is 0 Å². The minimum atomic E-state index is -0.328. The molecule has 1 atom stereocenters. The summed E-state index contributed by atoms with van der Waals surface area (Å²) in [5, 5.41) is 9.72. The monoisotopic (exact) mass is 253 g/mol. The molecule has 0 fully saturated rings. The van der Waals surface area contributed by atoms with Gasteiger partial charge in [-0.25, -0.2) is 0 Å². The zero-order valence-electron chi connectivity index (χ0n) is 11.0. The first kappa shape index (κ1) is 14.4. The number of anilines is 1. The van der Waals surface area contributed by atoms with Gasteiger partial charge in [-0.3, -0.25) is 0 Å². The smallest absolute Gasteiger partial charge is 0.0787 e. The summed E-state index contributed by atoms with van der Waals surface area (Å²) in [5.41, 5.74) is 2.23. The summed E-state index contributed by atoms with van der Waals surface area (Å²) in [4.78, 5) is 2.26. The first-order valence-electron chi connectivity index (χ1n) is 6.17. The van der Waals surface area contributed by atoms with E-state index in [-0.39, 0.29) is 6.10 Å². The largest absolute Gasteiger partial charge is 0.388 e. The van der Waals surface area contributed by atoms with E-state index in [0.29, 0.717) is 0 Å². The fourth-order valence-electron chi connectivity index (χ4n) is 1.76. The van der Waals surface area contributed by atoms with Crippen molar-refractivity contribution in [1.82, 2.24) is 0 Å². The first-order valence-corrected chi connectivity index (χ1v) is 7.56. The Morgan fingerprint density at radius 3 is 2.47 bits per heavy atom. The van der Waals surface area contributed by atoms with Crippen molar-refractivity contribution in [1.29, 1.82) is 0 Å². The van der Waals surface area contributed by atoms with Gasteiger partial charge in [0.1, 0.15) is 0 Å². The van der Waals surface area contributed by atoms with Crippen molar-refractivity contribution in [2.45, 2.75) is 25.9 Å². The lowest BCUT2D eigenvalue weighted by molar-refractivity contribution is 0.173. The lowest BCUT2D eigenvalue weighted by Crippen LogP contribution is -2.18. The maximum atomic E-state index is 9.72. The quantitative estimate of drug-likeness (QED) is 0.754. The molecule has 0 aromatic heterocycles. The number of hydrogen-bond acceptors (Lipinski definition) is 3. The highest BCUT2D eigenvalue weighted by Gasteiger charge is 2.05. The van der Waals surface area contributed by atoms with Crippen LogP contribution < -0.4 is 4.90 Å². The third-order valence-corrected chi connectivity index (χ3v) is 3.64. The number of thioether (sulfide) groups is 1. The van der Waals surface area contributed by atoms with Crippen molar-refractivity contribution in [3.05, 3.63) is 29.8 Å². The van der Waals surface area contributed by atoms with E-state index in [1.807, 2.05) is 30.8 Å². The molecule has 1 rings (SSSR count). The molecule has 0 amide bonds. The van der Waals surface area contributed by atoms with Crippen LogP contribution in [0.4, 0.5) is 5.69 Å². The van der Waals surface area contributed by atoms with Gasteiger partial charge in [-0.05, 0) is 42.5 Å². The normalized spacial score (nSPS) is 12.5. The van der Waals surface area contributed by atoms with Crippen molar-refractivity contribution in [2.24, 2.45) is 0 Å². The highest BCUT2D eigenvalue weighted by molar-refractivity contribution is 7.98. The van der Waals surface area contributed by atoms with Gasteiger partial charge in [-0.15, -0.1) is 0 Å². The summed E-state index contributed by atoms with van der Waals surface area (Å²) in [7, 11) is 2.12. The van der Waals surface area contributed by atoms with Crippen LogP contribution in [-0.4, -0.2) is 30.7 Å². The molecule has 1 aromatic carbocycles. The van der Waals surface area contributed by atoms with Gasteiger partial charge >= 0.3 is 0 Å². The molecule has 0 aliphatic rings. The summed E-state index contributed by atoms with van der Waals surface area (Å²) < 4.78 is 0. The second kappa shape index (κ2) is 7.62. The van der Waals surface area contributed by atoms with E-state index in [4.69, 9.17) is 0 Å². The van der Waals surface area contributed by atoms with Crippen molar-refractivity contribution < 1.29 is 5.11 Å². The maximum absolute atomic E-state index is 9.72. The van der Waals surface area contributed by atoms with Gasteiger partial charge in [0.05, 0.1) is 6.10 Å². The Balaban J connectivity index is 2.54. The van der Waals surface area contributed by atoms with E-state index in [2.05, 4.69) is 30.3 Å². The number of rotatable bonds is 7. The zero-order valence-corrected chi connectivity index (χ0v) is 11.8. The van der Waals surface area contributed by atoms with Crippen molar-refractivity contribution >= 4 is 17.4 Å². The molecular weight excluding hydrogens is 230 g/mol. The standard InChI is InChI=1S/C14H23NOS/c1-4-14(16)12-6-8-13(9-7-12)15(2)10-5-11-17-3/h6-9,14,16H,4-5,10-11H2,1-3H3/t14-/m0/s1. The molecule has 1 N–H and O–H groups in total. The predicted octanol–water partition coefficient (Wildman–Crippen LogP) is 3.32. The lowest BCUT2D eigenvalue weighted by Gasteiger charge is -2.19. The molecule has 0 heterocycles. The number of benzene rings is 1. The highest BCUT2D eigenvalue weighted by atomic mass is 32.2. The molecule has 1 aromatic rings. The molecule has 0 aliphatic heterocycles. The first-order chi connectivity index (χ1) is 8.19. The molecule has 0 saturated carbocycles. The Bertz CT molecular complexity index is 313. The van der Waals surface area contributed by atoms with Gasteiger partial charge in [0, 0.05) is 19.3 Å². The molecule has 2 nitrogen and oxygen atoms in total. The lowest BCUT2D eigenvalue weighted by atomic mass is 10.1. The van der Waals surface area contributed by atoms with E-state index >= 15 is 0 Å². The van der Waals surface area contributed by atoms with E-state index in [1.165, 1.54) is 17.9 Å². The maximum Gasteiger partial charge on any atom is 0.0787 e. The molecule has 0 aliphatic carbocycles. The molecule has 0 saturated heterocycles. The van der Waals surface area contributed by atoms with Crippen molar-refractivity contribution in [3.8, 4) is 0 Å². The Labute approximate surface area is 109 Å². The van der Waals surface area contributed by atoms with Crippen molar-refractivity contribution in [2.75, 3.05) is 30.5 Å². The van der Waals surface area contributed by atoms with Gasteiger partial charge in [0.25, 0.3) is 0 Å². The minimum Gasteiger partial charge on any atom is -0.388 e. The third kappa shape index (κ3) is 4.60. The van der Waals surface area contributed by atoms with Crippen LogP contribution in [0.2, 0.25) is 0 Å². The molecule has 0 bridgehead atoms. The Kier molecular flexibility index (Phi) is 6.45. The van der Waals surface area contributed by atoms with Gasteiger partial charge in [0.15, 0.2) is 0 Å². The van der Waals surface area contributed by atoms with E-state index in [0.717, 1.165) is 18.5 Å². The Hall–Kier alpha value is -0.670. The molecule has 0 radical (unpaired) electrons. The second-order valence-corrected chi connectivity index (χ2v) is 5.27. The number of nitrogens with zero attached hydrogens (tertiary/aromatic N) is 1. The molecule has 17 heavy (non-hydrogen) atoms. The van der Waals surface area contributed by atoms with Crippen LogP contribution in [0.15, 0.2) is 24.3 Å². The van der Waals surface area contributed by atoms with Crippen LogP contribution in [0.25, 0.3) is 0 Å². The summed E-state index contributed by atoms with van der Waals surface area (Å²) in [6.45, 7) is 3.07. The van der Waals surface area contributed by atoms with Crippen LogP contribution in [0.3, 0.4) is 0 Å². The Morgan fingerprint density at radius 2 is 1.94 bits per heavy atom. The summed E-state index contributed by atoms with van der Waals surface area (Å²) in [6.07, 6.45) is 3.78. The summed E-state index contributed by atoms with van der Waals surface area (Å²) in [6, 6.07) is 8.23. The zero-order chi connectivity index (χ0) is 12.7. The fourth-order valence-corrected chi connectivity index (χ4v) is 2.18. The topological polar surface area (TPSA) is 23.5 Å². The molecule has 96 valence electrons. The highest BCUT2D eigenvalue weighted by Crippen LogP contribution is 2.20. The van der Waals surface area contributed by atoms with E-state index in [1.54, 1.807) is 0 Å². The molecule has 0 unspecified atom stereocenters. The SMILES string of the molecule is CC[C@H](O)c1ccc(N(C)CCCSC)cc1. The molecule has 3 heteroatoms. The minimum absolute atomic E-state index is 0.328. The number of aliphatic hydroxyl groups excluding tert-OH is 1. The Morgan fingerprint density at radius 1 is 1.29 bits per heavy atom. The number of hydrogen-bond donors (Lipinski definition) is 1. The van der Waals surface area contributed by atoms with Crippen LogP contribution in [0, 0.1) is 0 Å². The van der Waals surface area contributed by atoms with Crippen LogP contribution in [0.5, 0.6) is 0 Å². The summed E-state index contributed by atoms with van der Waals surface area (Å²) >= 11 is 1.89. The van der Waals surface area contributed by atoms with Crippen LogP contribution in [-0.2, 0) is 0 Å². The van der Waals surface area contributed by atoms with Gasteiger partial charge in [-0.2, -0.15) is 11.8 Å². The van der Waals surface area contributed by atoms with Crippen LogP contribution in [0.1, 0.15) is 31.4 Å². The average molecular weight is 253 g/mol. The molecular formula is C14H23NOS. The van der Waals surface area contributed by atoms with Gasteiger partial charge in [0.2, 0.25) is 0 Å². The van der Waals surface area contributed by atoms with E-state index in [9.17, 15) is 5.11 Å². The predicted molar refractivity (Wildman–Crippen MR) is 78.0 cm³/mol. The molecule has 0 spiro atoms. The van der Waals surface area contributed by atoms with Crippen molar-refractivity contribution in [3.63, 3.8) is 0 Å².